The van der Waals surface area contributed by atoms with E-state index in [1.807, 2.05) is 49.4 Å². The van der Waals surface area contributed by atoms with E-state index in [4.69, 9.17) is 16.3 Å². The van der Waals surface area contributed by atoms with Crippen molar-refractivity contribution in [2.45, 2.75) is 13.5 Å². The number of H-pyrrole nitrogens is 1. The van der Waals surface area contributed by atoms with E-state index in [-0.39, 0.29) is 0 Å². The second kappa shape index (κ2) is 6.61. The standard InChI is InChI=1S/C20H15ClN6O/c1-12-8-15(6-7-17(12)21)28-10-13-2-4-14(5-3-13)18-24-20-16-9-23-25-19(16)22-11-27(20)26-18/h2-9,11H,10H2,1H3,(H,23,25). The zero-order valence-corrected chi connectivity index (χ0v) is 15.7. The molecule has 0 spiro atoms. The predicted molar refractivity (Wildman–Crippen MR) is 106 cm³/mol. The van der Waals surface area contributed by atoms with Crippen molar-refractivity contribution in [2.24, 2.45) is 0 Å². The number of nitrogens with one attached hydrogen (secondary N) is 1. The number of ether oxygens (including phenoxy) is 1. The number of aryl methyl sites for hydroxylation is 1. The van der Waals surface area contributed by atoms with Crippen molar-refractivity contribution in [3.05, 3.63) is 71.1 Å². The summed E-state index contributed by atoms with van der Waals surface area (Å²) in [7, 11) is 0. The van der Waals surface area contributed by atoms with Crippen LogP contribution in [0.5, 0.6) is 5.75 Å². The Labute approximate surface area is 165 Å². The third kappa shape index (κ3) is 2.95. The predicted octanol–water partition coefficient (Wildman–Crippen LogP) is 4.21. The number of fused-ring (bicyclic) bond motifs is 3. The number of halogens is 1. The number of aromatic amines is 1. The topological polar surface area (TPSA) is 81.0 Å². The normalized spacial score (nSPS) is 11.4. The van der Waals surface area contributed by atoms with E-state index in [0.29, 0.717) is 18.1 Å². The molecule has 8 heteroatoms. The van der Waals surface area contributed by atoms with Crippen LogP contribution in [0.1, 0.15) is 11.1 Å². The Bertz CT molecular complexity index is 1290. The number of aromatic nitrogens is 6. The summed E-state index contributed by atoms with van der Waals surface area (Å²) in [5.74, 6) is 1.43. The molecule has 0 bridgehead atoms. The third-order valence-corrected chi connectivity index (χ3v) is 4.96. The smallest absolute Gasteiger partial charge is 0.182 e. The van der Waals surface area contributed by atoms with Crippen LogP contribution in [0.3, 0.4) is 0 Å². The van der Waals surface area contributed by atoms with E-state index in [2.05, 4.69) is 25.3 Å². The number of rotatable bonds is 4. The Morgan fingerprint density at radius 1 is 1.14 bits per heavy atom. The molecule has 5 rings (SSSR count). The summed E-state index contributed by atoms with van der Waals surface area (Å²) in [6.07, 6.45) is 3.33. The third-order valence-electron chi connectivity index (χ3n) is 4.53. The van der Waals surface area contributed by atoms with Crippen LogP contribution < -0.4 is 4.74 Å². The molecule has 5 aromatic rings. The molecular weight excluding hydrogens is 376 g/mol. The fraction of sp³-hybridized carbons (Fsp3) is 0.100. The second-order valence-electron chi connectivity index (χ2n) is 6.48. The molecule has 3 heterocycles. The fourth-order valence-electron chi connectivity index (χ4n) is 2.99. The minimum atomic E-state index is 0.472. The van der Waals surface area contributed by atoms with Crippen LogP contribution in [-0.4, -0.2) is 29.8 Å². The maximum absolute atomic E-state index is 6.05. The highest BCUT2D eigenvalue weighted by Gasteiger charge is 2.11. The van der Waals surface area contributed by atoms with Gasteiger partial charge in [0.2, 0.25) is 0 Å². The lowest BCUT2D eigenvalue weighted by atomic mass is 10.1. The van der Waals surface area contributed by atoms with Gasteiger partial charge < -0.3 is 4.74 Å². The van der Waals surface area contributed by atoms with Crippen molar-refractivity contribution < 1.29 is 4.74 Å². The minimum Gasteiger partial charge on any atom is -0.489 e. The van der Waals surface area contributed by atoms with Gasteiger partial charge in [0.1, 0.15) is 18.7 Å². The van der Waals surface area contributed by atoms with Gasteiger partial charge in [-0.15, -0.1) is 5.10 Å². The lowest BCUT2D eigenvalue weighted by Gasteiger charge is -2.08. The van der Waals surface area contributed by atoms with Gasteiger partial charge in [-0.25, -0.2) is 14.5 Å². The van der Waals surface area contributed by atoms with Crippen molar-refractivity contribution in [2.75, 3.05) is 0 Å². The summed E-state index contributed by atoms with van der Waals surface area (Å²) < 4.78 is 7.51. The first-order valence-corrected chi connectivity index (χ1v) is 9.08. The molecule has 0 amide bonds. The van der Waals surface area contributed by atoms with Crippen molar-refractivity contribution in [1.29, 1.82) is 0 Å². The monoisotopic (exact) mass is 390 g/mol. The summed E-state index contributed by atoms with van der Waals surface area (Å²) in [6.45, 7) is 2.43. The lowest BCUT2D eigenvalue weighted by molar-refractivity contribution is 0.306. The van der Waals surface area contributed by atoms with Crippen LogP contribution in [-0.2, 0) is 6.61 Å². The van der Waals surface area contributed by atoms with Gasteiger partial charge in [0.05, 0.1) is 11.6 Å². The van der Waals surface area contributed by atoms with E-state index in [0.717, 1.165) is 38.5 Å². The summed E-state index contributed by atoms with van der Waals surface area (Å²) in [5.41, 5.74) is 4.38. The van der Waals surface area contributed by atoms with E-state index < -0.39 is 0 Å². The first-order valence-electron chi connectivity index (χ1n) is 8.70. The van der Waals surface area contributed by atoms with Gasteiger partial charge in [0.15, 0.2) is 17.1 Å². The van der Waals surface area contributed by atoms with Gasteiger partial charge in [-0.3, -0.25) is 5.10 Å². The van der Waals surface area contributed by atoms with Crippen LogP contribution in [0.2, 0.25) is 5.02 Å². The lowest BCUT2D eigenvalue weighted by Crippen LogP contribution is -1.96. The maximum atomic E-state index is 6.05. The van der Waals surface area contributed by atoms with Crippen LogP contribution in [0.15, 0.2) is 55.0 Å². The van der Waals surface area contributed by atoms with Crippen LogP contribution in [0, 0.1) is 6.92 Å². The van der Waals surface area contributed by atoms with Gasteiger partial charge in [0, 0.05) is 10.6 Å². The van der Waals surface area contributed by atoms with Crippen molar-refractivity contribution in [3.8, 4) is 17.1 Å². The molecule has 0 aliphatic carbocycles. The largest absolute Gasteiger partial charge is 0.489 e. The highest BCUT2D eigenvalue weighted by molar-refractivity contribution is 6.31. The Kier molecular flexibility index (Phi) is 3.95. The minimum absolute atomic E-state index is 0.472. The molecule has 2 aromatic carbocycles. The van der Waals surface area contributed by atoms with Crippen molar-refractivity contribution in [1.82, 2.24) is 29.8 Å². The van der Waals surface area contributed by atoms with Crippen LogP contribution >= 0.6 is 11.6 Å². The summed E-state index contributed by atoms with van der Waals surface area (Å²) in [6, 6.07) is 13.6. The first kappa shape index (κ1) is 16.7. The molecule has 0 saturated carbocycles. The van der Waals surface area contributed by atoms with Crippen molar-refractivity contribution in [3.63, 3.8) is 0 Å². The van der Waals surface area contributed by atoms with Crippen LogP contribution in [0.4, 0.5) is 0 Å². The van der Waals surface area contributed by atoms with Gasteiger partial charge >= 0.3 is 0 Å². The SMILES string of the molecule is Cc1cc(OCc2ccc(-c3nc4c5cn[nH]c5ncn4n3)cc2)ccc1Cl. The molecule has 0 aliphatic heterocycles. The van der Waals surface area contributed by atoms with E-state index in [1.54, 1.807) is 17.0 Å². The second-order valence-corrected chi connectivity index (χ2v) is 6.88. The number of hydrogen-bond donors (Lipinski definition) is 1. The number of nitrogens with zero attached hydrogens (tertiary/aromatic N) is 5. The Hall–Kier alpha value is -3.45. The van der Waals surface area contributed by atoms with Gasteiger partial charge in [-0.05, 0) is 36.2 Å². The van der Waals surface area contributed by atoms with Crippen molar-refractivity contribution >= 4 is 28.3 Å². The Morgan fingerprint density at radius 3 is 2.82 bits per heavy atom. The quantitative estimate of drug-likeness (QED) is 0.497. The highest BCUT2D eigenvalue weighted by Crippen LogP contribution is 2.23. The molecule has 0 atom stereocenters. The molecule has 0 unspecified atom stereocenters. The van der Waals surface area contributed by atoms with E-state index >= 15 is 0 Å². The molecule has 28 heavy (non-hydrogen) atoms. The van der Waals surface area contributed by atoms with Crippen LogP contribution in [0.25, 0.3) is 28.1 Å². The molecule has 0 aliphatic rings. The Balaban J connectivity index is 1.37. The summed E-state index contributed by atoms with van der Waals surface area (Å²) in [5, 5.41) is 12.9. The van der Waals surface area contributed by atoms with Gasteiger partial charge in [0.25, 0.3) is 0 Å². The Morgan fingerprint density at radius 2 is 2.00 bits per heavy atom. The number of hydrogen-bond acceptors (Lipinski definition) is 5. The maximum Gasteiger partial charge on any atom is 0.182 e. The highest BCUT2D eigenvalue weighted by atomic mass is 35.5. The molecule has 3 aromatic heterocycles. The zero-order valence-electron chi connectivity index (χ0n) is 14.9. The molecule has 138 valence electrons. The molecule has 0 saturated heterocycles. The fourth-order valence-corrected chi connectivity index (χ4v) is 3.10. The average Bonchev–Trinajstić information content (AvgIpc) is 3.35. The number of benzene rings is 2. The van der Waals surface area contributed by atoms with E-state index in [9.17, 15) is 0 Å². The van der Waals surface area contributed by atoms with E-state index in [1.165, 1.54) is 0 Å². The summed E-state index contributed by atoms with van der Waals surface area (Å²) >= 11 is 6.05. The van der Waals surface area contributed by atoms with Gasteiger partial charge in [-0.2, -0.15) is 5.10 Å². The molecule has 7 nitrogen and oxygen atoms in total. The molecule has 0 fully saturated rings. The van der Waals surface area contributed by atoms with Gasteiger partial charge in [-0.1, -0.05) is 35.9 Å². The summed E-state index contributed by atoms with van der Waals surface area (Å²) in [4.78, 5) is 8.91. The first-order chi connectivity index (χ1) is 13.7. The molecular formula is C20H15ClN6O. The molecule has 1 N–H and O–H groups in total. The zero-order chi connectivity index (χ0) is 19.1. The molecule has 0 radical (unpaired) electrons. The average molecular weight is 391 g/mol.